The van der Waals surface area contributed by atoms with Crippen molar-refractivity contribution in [2.24, 2.45) is 0 Å². The fourth-order valence-corrected chi connectivity index (χ4v) is 4.24. The first kappa shape index (κ1) is 22.9. The van der Waals surface area contributed by atoms with Gasteiger partial charge in [0.05, 0.1) is 19.3 Å². The average molecular weight is 448 g/mol. The van der Waals surface area contributed by atoms with Crippen molar-refractivity contribution in [1.82, 2.24) is 0 Å². The van der Waals surface area contributed by atoms with Crippen LogP contribution in [0.15, 0.2) is 42.5 Å². The van der Waals surface area contributed by atoms with Crippen LogP contribution in [-0.4, -0.2) is 52.5 Å². The van der Waals surface area contributed by atoms with E-state index in [2.05, 4.69) is 14.9 Å². The van der Waals surface area contributed by atoms with E-state index in [1.165, 1.54) is 0 Å². The summed E-state index contributed by atoms with van der Waals surface area (Å²) in [5.74, 6) is -0.636. The standard InChI is InChI=1S/C22H29N3O5S/c1-16(2)30-20-7-4-18(5-8-20)24-31(27,28)15-22(26)23-21-9-6-19(14-17(21)3)25-10-12-29-13-11-25/h4-9,14,16,24H,10-13,15H2,1-3H3,(H,23,26). The van der Waals surface area contributed by atoms with Crippen molar-refractivity contribution in [3.8, 4) is 5.75 Å². The van der Waals surface area contributed by atoms with Gasteiger partial charge in [-0.1, -0.05) is 0 Å². The van der Waals surface area contributed by atoms with Crippen LogP contribution >= 0.6 is 0 Å². The van der Waals surface area contributed by atoms with Gasteiger partial charge in [0.2, 0.25) is 15.9 Å². The van der Waals surface area contributed by atoms with Gasteiger partial charge in [0.15, 0.2) is 0 Å². The minimum absolute atomic E-state index is 0.0256. The van der Waals surface area contributed by atoms with Crippen LogP contribution in [0.5, 0.6) is 5.75 Å². The number of rotatable bonds is 8. The Hall–Kier alpha value is -2.78. The number of ether oxygens (including phenoxy) is 2. The van der Waals surface area contributed by atoms with Crippen LogP contribution in [0.2, 0.25) is 0 Å². The SMILES string of the molecule is Cc1cc(N2CCOCC2)ccc1NC(=O)CS(=O)(=O)Nc1ccc(OC(C)C)cc1. The highest BCUT2D eigenvalue weighted by molar-refractivity contribution is 7.93. The van der Waals surface area contributed by atoms with Crippen molar-refractivity contribution in [2.75, 3.05) is 47.0 Å². The zero-order valence-electron chi connectivity index (χ0n) is 18.1. The average Bonchev–Trinajstić information content (AvgIpc) is 2.70. The van der Waals surface area contributed by atoms with Crippen molar-refractivity contribution in [2.45, 2.75) is 26.9 Å². The molecule has 168 valence electrons. The van der Waals surface area contributed by atoms with Crippen molar-refractivity contribution in [3.05, 3.63) is 48.0 Å². The van der Waals surface area contributed by atoms with Gasteiger partial charge >= 0.3 is 0 Å². The highest BCUT2D eigenvalue weighted by Gasteiger charge is 2.18. The predicted molar refractivity (Wildman–Crippen MR) is 122 cm³/mol. The molecule has 0 aliphatic carbocycles. The lowest BCUT2D eigenvalue weighted by molar-refractivity contribution is -0.113. The summed E-state index contributed by atoms with van der Waals surface area (Å²) >= 11 is 0. The molecule has 1 amide bonds. The van der Waals surface area contributed by atoms with Gasteiger partial charge in [0.25, 0.3) is 0 Å². The molecule has 0 atom stereocenters. The number of nitrogens with zero attached hydrogens (tertiary/aromatic N) is 1. The monoisotopic (exact) mass is 447 g/mol. The van der Waals surface area contributed by atoms with Gasteiger partial charge in [-0.25, -0.2) is 8.42 Å². The summed E-state index contributed by atoms with van der Waals surface area (Å²) in [5, 5.41) is 2.69. The summed E-state index contributed by atoms with van der Waals surface area (Å²) in [4.78, 5) is 14.6. The number of carbonyl (C=O) groups is 1. The Morgan fingerprint density at radius 3 is 2.42 bits per heavy atom. The summed E-state index contributed by atoms with van der Waals surface area (Å²) in [6.07, 6.45) is 0.0256. The summed E-state index contributed by atoms with van der Waals surface area (Å²) in [6, 6.07) is 12.2. The Balaban J connectivity index is 1.57. The van der Waals surface area contributed by atoms with Crippen LogP contribution in [-0.2, 0) is 19.6 Å². The number of hydrogen-bond donors (Lipinski definition) is 2. The molecule has 2 aromatic carbocycles. The van der Waals surface area contributed by atoms with Gasteiger partial charge in [-0.3, -0.25) is 9.52 Å². The van der Waals surface area contributed by atoms with Gasteiger partial charge in [-0.15, -0.1) is 0 Å². The molecular formula is C22H29N3O5S. The number of carbonyl (C=O) groups excluding carboxylic acids is 1. The molecule has 0 saturated carbocycles. The quantitative estimate of drug-likeness (QED) is 0.646. The molecule has 2 N–H and O–H groups in total. The molecule has 8 nitrogen and oxygen atoms in total. The van der Waals surface area contributed by atoms with Crippen LogP contribution in [0.4, 0.5) is 17.1 Å². The summed E-state index contributed by atoms with van der Waals surface area (Å²) in [7, 11) is -3.85. The minimum atomic E-state index is -3.85. The largest absolute Gasteiger partial charge is 0.491 e. The predicted octanol–water partition coefficient (Wildman–Crippen LogP) is 3.00. The number of amides is 1. The Bertz CT molecular complexity index is 1000. The molecule has 1 fully saturated rings. The van der Waals surface area contributed by atoms with Crippen molar-refractivity contribution < 1.29 is 22.7 Å². The summed E-state index contributed by atoms with van der Waals surface area (Å²) in [5.41, 5.74) is 2.88. The molecule has 0 aromatic heterocycles. The number of sulfonamides is 1. The first-order chi connectivity index (χ1) is 14.7. The Labute approximate surface area is 183 Å². The second kappa shape index (κ2) is 10.0. The third-order valence-electron chi connectivity index (χ3n) is 4.68. The molecule has 9 heteroatoms. The third kappa shape index (κ3) is 6.86. The molecule has 0 spiro atoms. The van der Waals surface area contributed by atoms with Gasteiger partial charge in [0, 0.05) is 30.2 Å². The topological polar surface area (TPSA) is 97.0 Å². The molecule has 31 heavy (non-hydrogen) atoms. The van der Waals surface area contributed by atoms with Crippen molar-refractivity contribution in [3.63, 3.8) is 0 Å². The molecular weight excluding hydrogens is 418 g/mol. The third-order valence-corrected chi connectivity index (χ3v) is 5.87. The van der Waals surface area contributed by atoms with E-state index in [-0.39, 0.29) is 6.10 Å². The van der Waals surface area contributed by atoms with Crippen LogP contribution in [0.3, 0.4) is 0 Å². The molecule has 1 aliphatic heterocycles. The van der Waals surface area contributed by atoms with E-state index >= 15 is 0 Å². The summed E-state index contributed by atoms with van der Waals surface area (Å²) in [6.45, 7) is 8.72. The van der Waals surface area contributed by atoms with Gasteiger partial charge < -0.3 is 19.7 Å². The van der Waals surface area contributed by atoms with E-state index in [1.807, 2.05) is 32.9 Å². The lowest BCUT2D eigenvalue weighted by atomic mass is 10.1. The van der Waals surface area contributed by atoms with E-state index in [0.717, 1.165) is 24.3 Å². The first-order valence-electron chi connectivity index (χ1n) is 10.2. The Morgan fingerprint density at radius 1 is 1.13 bits per heavy atom. The zero-order chi connectivity index (χ0) is 22.4. The maximum absolute atomic E-state index is 12.4. The number of hydrogen-bond acceptors (Lipinski definition) is 6. The maximum Gasteiger partial charge on any atom is 0.241 e. The lowest BCUT2D eigenvalue weighted by Crippen LogP contribution is -2.36. The fraction of sp³-hybridized carbons (Fsp3) is 0.409. The van der Waals surface area contributed by atoms with Gasteiger partial charge in [-0.05, 0) is 68.8 Å². The second-order valence-electron chi connectivity index (χ2n) is 7.70. The number of anilines is 3. The van der Waals surface area contributed by atoms with Gasteiger partial charge in [-0.2, -0.15) is 0 Å². The van der Waals surface area contributed by atoms with E-state index in [1.54, 1.807) is 30.3 Å². The molecule has 3 rings (SSSR count). The van der Waals surface area contributed by atoms with Crippen LogP contribution in [0.1, 0.15) is 19.4 Å². The Kier molecular flexibility index (Phi) is 7.40. The lowest BCUT2D eigenvalue weighted by Gasteiger charge is -2.29. The molecule has 1 heterocycles. The Morgan fingerprint density at radius 2 is 1.81 bits per heavy atom. The molecule has 0 radical (unpaired) electrons. The van der Waals surface area contributed by atoms with Crippen molar-refractivity contribution in [1.29, 1.82) is 0 Å². The number of nitrogens with one attached hydrogen (secondary N) is 2. The van der Waals surface area contributed by atoms with E-state index in [9.17, 15) is 13.2 Å². The first-order valence-corrected chi connectivity index (χ1v) is 11.9. The fourth-order valence-electron chi connectivity index (χ4n) is 3.25. The van der Waals surface area contributed by atoms with Gasteiger partial charge in [0.1, 0.15) is 11.5 Å². The second-order valence-corrected chi connectivity index (χ2v) is 9.42. The number of benzene rings is 2. The molecule has 2 aromatic rings. The molecule has 1 aliphatic rings. The smallest absolute Gasteiger partial charge is 0.241 e. The number of aryl methyl sites for hydroxylation is 1. The van der Waals surface area contributed by atoms with E-state index < -0.39 is 21.7 Å². The summed E-state index contributed by atoms with van der Waals surface area (Å²) < 4.78 is 38.1. The van der Waals surface area contributed by atoms with Crippen LogP contribution < -0.4 is 19.7 Å². The molecule has 0 unspecified atom stereocenters. The normalized spacial score (nSPS) is 14.4. The van der Waals surface area contributed by atoms with Crippen LogP contribution in [0.25, 0.3) is 0 Å². The van der Waals surface area contributed by atoms with Crippen LogP contribution in [0, 0.1) is 6.92 Å². The number of morpholine rings is 1. The zero-order valence-corrected chi connectivity index (χ0v) is 18.9. The molecule has 1 saturated heterocycles. The molecule has 0 bridgehead atoms. The highest BCUT2D eigenvalue weighted by Crippen LogP contribution is 2.24. The maximum atomic E-state index is 12.4. The van der Waals surface area contributed by atoms with Crippen molar-refractivity contribution >= 4 is 33.0 Å². The van der Waals surface area contributed by atoms with E-state index in [4.69, 9.17) is 9.47 Å². The minimum Gasteiger partial charge on any atom is -0.491 e. The van der Waals surface area contributed by atoms with E-state index in [0.29, 0.717) is 30.3 Å². The highest BCUT2D eigenvalue weighted by atomic mass is 32.2.